The minimum absolute atomic E-state index is 0.457. The highest BCUT2D eigenvalue weighted by Crippen LogP contribution is 2.28. The predicted octanol–water partition coefficient (Wildman–Crippen LogP) is 0.990. The number of nitrogens with zero attached hydrogens (tertiary/aromatic N) is 4. The molecule has 1 N–H and O–H groups in total. The number of thiophene rings is 1. The molecule has 0 spiro atoms. The van der Waals surface area contributed by atoms with Gasteiger partial charge >= 0.3 is 0 Å². The molecule has 0 saturated carbocycles. The SMILES string of the molecule is Cc1cc(S(=O)(=O)N2CCN(Cc3ncn[nH]3)CC2)c(C)s1. The molecule has 1 saturated heterocycles. The predicted molar refractivity (Wildman–Crippen MR) is 84.2 cm³/mol. The second-order valence-corrected chi connectivity index (χ2v) is 8.76. The molecule has 1 aliphatic heterocycles. The molecule has 3 rings (SSSR count). The molecule has 7 nitrogen and oxygen atoms in total. The van der Waals surface area contributed by atoms with Crippen molar-refractivity contribution in [2.45, 2.75) is 25.3 Å². The summed E-state index contributed by atoms with van der Waals surface area (Å²) in [5.74, 6) is 0.806. The number of sulfonamides is 1. The van der Waals surface area contributed by atoms with Crippen molar-refractivity contribution in [2.24, 2.45) is 0 Å². The van der Waals surface area contributed by atoms with Crippen LogP contribution in [0.4, 0.5) is 0 Å². The Morgan fingerprint density at radius 3 is 2.55 bits per heavy atom. The van der Waals surface area contributed by atoms with E-state index >= 15 is 0 Å². The van der Waals surface area contributed by atoms with Crippen molar-refractivity contribution in [1.29, 1.82) is 0 Å². The maximum Gasteiger partial charge on any atom is 0.244 e. The third-order valence-corrected chi connectivity index (χ3v) is 6.90. The Morgan fingerprint density at radius 2 is 2.00 bits per heavy atom. The van der Waals surface area contributed by atoms with E-state index in [1.807, 2.05) is 13.8 Å². The van der Waals surface area contributed by atoms with Crippen LogP contribution < -0.4 is 0 Å². The molecule has 0 bridgehead atoms. The molecule has 1 aliphatic rings. The number of aromatic amines is 1. The number of hydrogen-bond donors (Lipinski definition) is 1. The highest BCUT2D eigenvalue weighted by molar-refractivity contribution is 7.89. The fraction of sp³-hybridized carbons (Fsp3) is 0.538. The molecule has 3 heterocycles. The third kappa shape index (κ3) is 3.07. The monoisotopic (exact) mass is 341 g/mol. The number of piperazine rings is 1. The van der Waals surface area contributed by atoms with Crippen molar-refractivity contribution in [3.05, 3.63) is 28.0 Å². The summed E-state index contributed by atoms with van der Waals surface area (Å²) in [4.78, 5) is 8.63. The van der Waals surface area contributed by atoms with Crippen LogP contribution in [0.5, 0.6) is 0 Å². The van der Waals surface area contributed by atoms with Gasteiger partial charge in [-0.2, -0.15) is 9.40 Å². The lowest BCUT2D eigenvalue weighted by molar-refractivity contribution is 0.178. The van der Waals surface area contributed by atoms with E-state index < -0.39 is 10.0 Å². The van der Waals surface area contributed by atoms with Gasteiger partial charge < -0.3 is 0 Å². The smallest absolute Gasteiger partial charge is 0.244 e. The Bertz CT molecular complexity index is 731. The first kappa shape index (κ1) is 15.6. The summed E-state index contributed by atoms with van der Waals surface area (Å²) in [6, 6.07) is 1.77. The van der Waals surface area contributed by atoms with Gasteiger partial charge in [-0.3, -0.25) is 10.00 Å². The molecule has 9 heteroatoms. The fourth-order valence-corrected chi connectivity index (χ4v) is 5.60. The molecule has 0 unspecified atom stereocenters. The largest absolute Gasteiger partial charge is 0.293 e. The average Bonchev–Trinajstić information content (AvgIpc) is 3.09. The van der Waals surface area contributed by atoms with Crippen LogP contribution in [-0.4, -0.2) is 59.0 Å². The number of rotatable bonds is 4. The number of H-pyrrole nitrogens is 1. The first-order valence-corrected chi connectivity index (χ1v) is 9.36. The van der Waals surface area contributed by atoms with E-state index in [0.717, 1.165) is 15.6 Å². The first-order valence-electron chi connectivity index (χ1n) is 7.10. The van der Waals surface area contributed by atoms with Crippen LogP contribution >= 0.6 is 11.3 Å². The summed E-state index contributed by atoms with van der Waals surface area (Å²) in [5.41, 5.74) is 0. The van der Waals surface area contributed by atoms with Crippen molar-refractivity contribution in [1.82, 2.24) is 24.4 Å². The van der Waals surface area contributed by atoms with E-state index in [2.05, 4.69) is 20.1 Å². The van der Waals surface area contributed by atoms with E-state index in [1.54, 1.807) is 10.4 Å². The molecule has 22 heavy (non-hydrogen) atoms. The van der Waals surface area contributed by atoms with Crippen LogP contribution in [0.2, 0.25) is 0 Å². The quantitative estimate of drug-likeness (QED) is 0.897. The fourth-order valence-electron chi connectivity index (χ4n) is 2.65. The Balaban J connectivity index is 1.66. The van der Waals surface area contributed by atoms with E-state index in [0.29, 0.717) is 37.6 Å². The normalized spacial score (nSPS) is 17.9. The first-order chi connectivity index (χ1) is 10.5. The average molecular weight is 341 g/mol. The van der Waals surface area contributed by atoms with E-state index in [-0.39, 0.29) is 0 Å². The number of aromatic nitrogens is 3. The van der Waals surface area contributed by atoms with E-state index in [4.69, 9.17) is 0 Å². The number of aryl methyl sites for hydroxylation is 2. The second kappa shape index (κ2) is 6.07. The summed E-state index contributed by atoms with van der Waals surface area (Å²) in [7, 11) is -3.38. The zero-order valence-corrected chi connectivity index (χ0v) is 14.2. The molecule has 2 aromatic heterocycles. The van der Waals surface area contributed by atoms with Gasteiger partial charge in [-0.15, -0.1) is 11.3 Å². The molecule has 0 aromatic carbocycles. The molecule has 0 atom stereocenters. The minimum atomic E-state index is -3.38. The van der Waals surface area contributed by atoms with Crippen LogP contribution in [-0.2, 0) is 16.6 Å². The lowest BCUT2D eigenvalue weighted by atomic mass is 10.3. The Hall–Kier alpha value is -1.29. The lowest BCUT2D eigenvalue weighted by Crippen LogP contribution is -2.48. The minimum Gasteiger partial charge on any atom is -0.293 e. The third-order valence-electron chi connectivity index (χ3n) is 3.78. The summed E-state index contributed by atoms with van der Waals surface area (Å²) >= 11 is 1.53. The Morgan fingerprint density at radius 1 is 1.27 bits per heavy atom. The van der Waals surface area contributed by atoms with Gasteiger partial charge in [-0.05, 0) is 19.9 Å². The second-order valence-electron chi connectivity index (χ2n) is 5.39. The van der Waals surface area contributed by atoms with Gasteiger partial charge in [0, 0.05) is 35.9 Å². The van der Waals surface area contributed by atoms with Crippen LogP contribution in [0.25, 0.3) is 0 Å². The lowest BCUT2D eigenvalue weighted by Gasteiger charge is -2.33. The molecule has 120 valence electrons. The number of hydrogen-bond acceptors (Lipinski definition) is 6. The van der Waals surface area contributed by atoms with Crippen molar-refractivity contribution in [2.75, 3.05) is 26.2 Å². The Labute approximate surface area is 134 Å². The van der Waals surface area contributed by atoms with Crippen LogP contribution in [0.15, 0.2) is 17.3 Å². The summed E-state index contributed by atoms with van der Waals surface area (Å²) in [6.07, 6.45) is 1.48. The van der Waals surface area contributed by atoms with Gasteiger partial charge in [0.05, 0.1) is 11.4 Å². The van der Waals surface area contributed by atoms with Gasteiger partial charge in [0.25, 0.3) is 0 Å². The standard InChI is InChI=1S/C13H19N5O2S2/c1-10-7-12(11(2)21-10)22(19,20)18-5-3-17(4-6-18)8-13-14-9-15-16-13/h7,9H,3-6,8H2,1-2H3,(H,14,15,16). The zero-order valence-electron chi connectivity index (χ0n) is 12.6. The molecular weight excluding hydrogens is 322 g/mol. The van der Waals surface area contributed by atoms with Crippen molar-refractivity contribution >= 4 is 21.4 Å². The molecule has 0 amide bonds. The summed E-state index contributed by atoms with van der Waals surface area (Å²) in [5, 5.41) is 6.65. The molecular formula is C13H19N5O2S2. The Kier molecular flexibility index (Phi) is 4.31. The highest BCUT2D eigenvalue weighted by Gasteiger charge is 2.30. The molecule has 0 aliphatic carbocycles. The van der Waals surface area contributed by atoms with Gasteiger partial charge in [-0.25, -0.2) is 13.4 Å². The maximum absolute atomic E-state index is 12.7. The van der Waals surface area contributed by atoms with Crippen molar-refractivity contribution in [3.8, 4) is 0 Å². The van der Waals surface area contributed by atoms with Crippen molar-refractivity contribution in [3.63, 3.8) is 0 Å². The van der Waals surface area contributed by atoms with E-state index in [1.165, 1.54) is 17.7 Å². The van der Waals surface area contributed by atoms with Crippen LogP contribution in [0.3, 0.4) is 0 Å². The van der Waals surface area contributed by atoms with Gasteiger partial charge in [0.2, 0.25) is 10.0 Å². The maximum atomic E-state index is 12.7. The highest BCUT2D eigenvalue weighted by atomic mass is 32.2. The molecule has 1 fully saturated rings. The van der Waals surface area contributed by atoms with Crippen molar-refractivity contribution < 1.29 is 8.42 Å². The van der Waals surface area contributed by atoms with Gasteiger partial charge in [0.1, 0.15) is 12.2 Å². The summed E-state index contributed by atoms with van der Waals surface area (Å²) in [6.45, 7) is 6.88. The summed E-state index contributed by atoms with van der Waals surface area (Å²) < 4.78 is 27.0. The molecule has 0 radical (unpaired) electrons. The van der Waals surface area contributed by atoms with Crippen LogP contribution in [0.1, 0.15) is 15.6 Å². The van der Waals surface area contributed by atoms with Gasteiger partial charge in [-0.1, -0.05) is 0 Å². The molecule has 2 aromatic rings. The number of nitrogens with one attached hydrogen (secondary N) is 1. The zero-order chi connectivity index (χ0) is 15.7. The topological polar surface area (TPSA) is 82.2 Å². The van der Waals surface area contributed by atoms with Gasteiger partial charge in [0.15, 0.2) is 0 Å². The van der Waals surface area contributed by atoms with E-state index in [9.17, 15) is 8.42 Å². The van der Waals surface area contributed by atoms with Crippen LogP contribution in [0, 0.1) is 13.8 Å².